The second kappa shape index (κ2) is 10.4. The molecule has 7 heteroatoms. The number of ether oxygens (including phenoxy) is 1. The quantitative estimate of drug-likeness (QED) is 0.672. The van der Waals surface area contributed by atoms with Gasteiger partial charge in [-0.3, -0.25) is 9.59 Å². The Bertz CT molecular complexity index is 823. The Kier molecular flexibility index (Phi) is 8.20. The molecule has 2 amide bonds. The van der Waals surface area contributed by atoms with Crippen molar-refractivity contribution in [1.82, 2.24) is 5.32 Å². The Hall–Kier alpha value is -2.41. The van der Waals surface area contributed by atoms with E-state index in [1.54, 1.807) is 12.1 Å². The van der Waals surface area contributed by atoms with Crippen LogP contribution in [-0.2, 0) is 9.53 Å². The van der Waals surface area contributed by atoms with Crippen molar-refractivity contribution < 1.29 is 14.3 Å². The Labute approximate surface area is 177 Å². The summed E-state index contributed by atoms with van der Waals surface area (Å²) >= 11 is 0. The van der Waals surface area contributed by atoms with Crippen LogP contribution in [0.2, 0.25) is 0 Å². The zero-order chi connectivity index (χ0) is 20.0. The first-order valence-corrected chi connectivity index (χ1v) is 9.59. The number of amides is 2. The lowest BCUT2D eigenvalue weighted by molar-refractivity contribution is -0.136. The smallest absolute Gasteiger partial charge is 0.255 e. The van der Waals surface area contributed by atoms with Gasteiger partial charge in [-0.25, -0.2) is 0 Å². The van der Waals surface area contributed by atoms with Crippen molar-refractivity contribution >= 4 is 29.9 Å². The Morgan fingerprint density at radius 2 is 1.79 bits per heavy atom. The van der Waals surface area contributed by atoms with Crippen molar-refractivity contribution in [2.24, 2.45) is 11.1 Å². The predicted molar refractivity (Wildman–Crippen MR) is 116 cm³/mol. The molecule has 1 aliphatic heterocycles. The minimum absolute atomic E-state index is 0. The first-order valence-electron chi connectivity index (χ1n) is 9.59. The highest BCUT2D eigenvalue weighted by Crippen LogP contribution is 2.30. The summed E-state index contributed by atoms with van der Waals surface area (Å²) in [6.07, 6.45) is 1.27. The van der Waals surface area contributed by atoms with E-state index in [-0.39, 0.29) is 30.3 Å². The van der Waals surface area contributed by atoms with Crippen LogP contribution in [0, 0.1) is 5.41 Å². The SMILES string of the molecule is CC(NC(=O)C1(CN)CCOCC1)c1cccc(NC(=O)c2ccccc2)c1.Cl. The van der Waals surface area contributed by atoms with Crippen LogP contribution in [-0.4, -0.2) is 31.6 Å². The lowest BCUT2D eigenvalue weighted by Gasteiger charge is -2.35. The molecule has 1 heterocycles. The number of nitrogens with two attached hydrogens (primary N) is 1. The molecule has 0 saturated carbocycles. The van der Waals surface area contributed by atoms with E-state index in [1.807, 2.05) is 49.4 Å². The number of carbonyl (C=O) groups excluding carboxylic acids is 2. The Balaban J connectivity index is 0.00000300. The van der Waals surface area contributed by atoms with E-state index in [9.17, 15) is 9.59 Å². The highest BCUT2D eigenvalue weighted by atomic mass is 35.5. The molecule has 2 aromatic rings. The van der Waals surface area contributed by atoms with E-state index in [2.05, 4.69) is 10.6 Å². The molecule has 1 atom stereocenters. The van der Waals surface area contributed by atoms with Crippen LogP contribution >= 0.6 is 12.4 Å². The van der Waals surface area contributed by atoms with Gasteiger partial charge in [-0.15, -0.1) is 12.4 Å². The zero-order valence-electron chi connectivity index (χ0n) is 16.5. The third-order valence-corrected chi connectivity index (χ3v) is 5.35. The van der Waals surface area contributed by atoms with Crippen LogP contribution in [0.3, 0.4) is 0 Å². The van der Waals surface area contributed by atoms with Crippen molar-refractivity contribution in [2.75, 3.05) is 25.1 Å². The lowest BCUT2D eigenvalue weighted by Crippen LogP contribution is -2.49. The predicted octanol–water partition coefficient (Wildman–Crippen LogP) is 3.29. The second-order valence-corrected chi connectivity index (χ2v) is 7.24. The highest BCUT2D eigenvalue weighted by Gasteiger charge is 2.39. The number of halogens is 1. The molecule has 6 nitrogen and oxygen atoms in total. The first kappa shape index (κ1) is 22.9. The van der Waals surface area contributed by atoms with Crippen molar-refractivity contribution in [3.8, 4) is 0 Å². The topological polar surface area (TPSA) is 93.5 Å². The largest absolute Gasteiger partial charge is 0.381 e. The third kappa shape index (κ3) is 5.56. The molecule has 4 N–H and O–H groups in total. The maximum absolute atomic E-state index is 12.9. The van der Waals surface area contributed by atoms with Crippen molar-refractivity contribution in [3.63, 3.8) is 0 Å². The summed E-state index contributed by atoms with van der Waals surface area (Å²) in [5.74, 6) is -0.205. The van der Waals surface area contributed by atoms with Crippen molar-refractivity contribution in [1.29, 1.82) is 0 Å². The van der Waals surface area contributed by atoms with Gasteiger partial charge in [-0.05, 0) is 49.6 Å². The number of anilines is 1. The Morgan fingerprint density at radius 1 is 1.10 bits per heavy atom. The molecular formula is C22H28ClN3O3. The van der Waals surface area contributed by atoms with Gasteiger partial charge in [-0.1, -0.05) is 30.3 Å². The molecule has 0 bridgehead atoms. The van der Waals surface area contributed by atoms with Crippen LogP contribution in [0.4, 0.5) is 5.69 Å². The summed E-state index contributed by atoms with van der Waals surface area (Å²) in [6.45, 7) is 3.35. The summed E-state index contributed by atoms with van der Waals surface area (Å²) in [4.78, 5) is 25.2. The third-order valence-electron chi connectivity index (χ3n) is 5.35. The van der Waals surface area contributed by atoms with Crippen LogP contribution in [0.25, 0.3) is 0 Å². The molecule has 1 aliphatic rings. The molecule has 0 spiro atoms. The fourth-order valence-electron chi connectivity index (χ4n) is 3.40. The van der Waals surface area contributed by atoms with Gasteiger partial charge in [0.05, 0.1) is 11.5 Å². The van der Waals surface area contributed by atoms with Gasteiger partial charge < -0.3 is 21.1 Å². The number of rotatable bonds is 6. The van der Waals surface area contributed by atoms with Gasteiger partial charge in [0.15, 0.2) is 0 Å². The van der Waals surface area contributed by atoms with Gasteiger partial charge in [-0.2, -0.15) is 0 Å². The van der Waals surface area contributed by atoms with Crippen LogP contribution < -0.4 is 16.4 Å². The van der Waals surface area contributed by atoms with Gasteiger partial charge in [0, 0.05) is 31.0 Å². The average molecular weight is 418 g/mol. The maximum Gasteiger partial charge on any atom is 0.255 e. The molecule has 0 aromatic heterocycles. The minimum Gasteiger partial charge on any atom is -0.381 e. The summed E-state index contributed by atoms with van der Waals surface area (Å²) in [5.41, 5.74) is 7.56. The summed E-state index contributed by atoms with van der Waals surface area (Å²) in [6, 6.07) is 16.4. The van der Waals surface area contributed by atoms with Crippen LogP contribution in [0.15, 0.2) is 54.6 Å². The Morgan fingerprint density at radius 3 is 2.45 bits per heavy atom. The van der Waals surface area contributed by atoms with E-state index in [4.69, 9.17) is 10.5 Å². The van der Waals surface area contributed by atoms with E-state index in [1.165, 1.54) is 0 Å². The van der Waals surface area contributed by atoms with E-state index in [0.717, 1.165) is 5.56 Å². The molecule has 1 saturated heterocycles. The molecule has 1 unspecified atom stereocenters. The van der Waals surface area contributed by atoms with Gasteiger partial charge >= 0.3 is 0 Å². The number of nitrogens with one attached hydrogen (secondary N) is 2. The number of benzene rings is 2. The number of hydrogen-bond acceptors (Lipinski definition) is 4. The van der Waals surface area contributed by atoms with Gasteiger partial charge in [0.1, 0.15) is 0 Å². The highest BCUT2D eigenvalue weighted by molar-refractivity contribution is 6.04. The second-order valence-electron chi connectivity index (χ2n) is 7.24. The molecule has 156 valence electrons. The van der Waals surface area contributed by atoms with E-state index < -0.39 is 5.41 Å². The molecule has 29 heavy (non-hydrogen) atoms. The monoisotopic (exact) mass is 417 g/mol. The molecule has 3 rings (SSSR count). The molecule has 1 fully saturated rings. The summed E-state index contributed by atoms with van der Waals surface area (Å²) < 4.78 is 5.38. The average Bonchev–Trinajstić information content (AvgIpc) is 2.75. The summed E-state index contributed by atoms with van der Waals surface area (Å²) in [7, 11) is 0. The van der Waals surface area contributed by atoms with E-state index >= 15 is 0 Å². The molecule has 2 aromatic carbocycles. The van der Waals surface area contributed by atoms with Crippen LogP contribution in [0.1, 0.15) is 41.7 Å². The van der Waals surface area contributed by atoms with E-state index in [0.29, 0.717) is 43.9 Å². The number of carbonyl (C=O) groups is 2. The molecule has 0 radical (unpaired) electrons. The fraction of sp³-hybridized carbons (Fsp3) is 0.364. The standard InChI is InChI=1S/C22H27N3O3.ClH/c1-16(24-21(27)22(15-23)10-12-28-13-11-22)18-8-5-9-19(14-18)25-20(26)17-6-3-2-4-7-17;/h2-9,14,16H,10-13,15,23H2,1H3,(H,24,27)(H,25,26);1H. The van der Waals surface area contributed by atoms with Gasteiger partial charge in [0.2, 0.25) is 5.91 Å². The normalized spacial score (nSPS) is 16.2. The van der Waals surface area contributed by atoms with Gasteiger partial charge in [0.25, 0.3) is 5.91 Å². The lowest BCUT2D eigenvalue weighted by atomic mass is 9.79. The fourth-order valence-corrected chi connectivity index (χ4v) is 3.40. The molecule has 0 aliphatic carbocycles. The molecular weight excluding hydrogens is 390 g/mol. The maximum atomic E-state index is 12.9. The van der Waals surface area contributed by atoms with Crippen molar-refractivity contribution in [2.45, 2.75) is 25.8 Å². The summed E-state index contributed by atoms with van der Waals surface area (Å²) in [5, 5.41) is 5.98. The zero-order valence-corrected chi connectivity index (χ0v) is 17.3. The number of hydrogen-bond donors (Lipinski definition) is 3. The first-order chi connectivity index (χ1) is 13.5. The van der Waals surface area contributed by atoms with Crippen LogP contribution in [0.5, 0.6) is 0 Å². The van der Waals surface area contributed by atoms with Crippen molar-refractivity contribution in [3.05, 3.63) is 65.7 Å². The minimum atomic E-state index is -0.564.